The highest BCUT2D eigenvalue weighted by atomic mass is 15.2. The van der Waals surface area contributed by atoms with Crippen LogP contribution in [0.15, 0.2) is 54.5 Å². The molecule has 0 unspecified atom stereocenters. The van der Waals surface area contributed by atoms with Crippen LogP contribution in [-0.4, -0.2) is 37.6 Å². The molecule has 0 aliphatic carbocycles. The van der Waals surface area contributed by atoms with Crippen molar-refractivity contribution in [3.05, 3.63) is 65.6 Å². The average molecular weight is 338 g/mol. The maximum Gasteiger partial charge on any atom is 0.126 e. The van der Waals surface area contributed by atoms with Crippen LogP contribution < -0.4 is 10.2 Å². The summed E-state index contributed by atoms with van der Waals surface area (Å²) in [6, 6.07) is 12.9. The van der Waals surface area contributed by atoms with E-state index in [0.29, 0.717) is 0 Å². The van der Waals surface area contributed by atoms with Gasteiger partial charge < -0.3 is 15.1 Å². The van der Waals surface area contributed by atoms with E-state index in [2.05, 4.69) is 91.6 Å². The van der Waals surface area contributed by atoms with Gasteiger partial charge in [0.05, 0.1) is 6.54 Å². The van der Waals surface area contributed by atoms with Gasteiger partial charge in [-0.15, -0.1) is 0 Å². The normalized spacial score (nSPS) is 11.3. The zero-order valence-corrected chi connectivity index (χ0v) is 16.1. The molecule has 0 aliphatic heterocycles. The van der Waals surface area contributed by atoms with Gasteiger partial charge in [-0.2, -0.15) is 0 Å². The number of anilines is 2. The van der Waals surface area contributed by atoms with E-state index in [1.807, 2.05) is 12.3 Å². The van der Waals surface area contributed by atoms with Crippen molar-refractivity contribution in [1.29, 1.82) is 0 Å². The minimum absolute atomic E-state index is 0.724. The molecular formula is C21H30N4. The molecule has 0 radical (unpaired) electrons. The maximum atomic E-state index is 4.36. The summed E-state index contributed by atoms with van der Waals surface area (Å²) in [5.41, 5.74) is 4.97. The Morgan fingerprint density at radius 3 is 2.44 bits per heavy atom. The number of nitrogens with zero attached hydrogens (tertiary/aromatic N) is 3. The van der Waals surface area contributed by atoms with Crippen LogP contribution in [0.1, 0.15) is 24.5 Å². The Hall–Kier alpha value is -2.49. The van der Waals surface area contributed by atoms with Gasteiger partial charge in [0.25, 0.3) is 0 Å². The molecule has 4 heteroatoms. The Morgan fingerprint density at radius 2 is 1.84 bits per heavy atom. The molecule has 0 saturated heterocycles. The highest BCUT2D eigenvalue weighted by molar-refractivity contribution is 5.50. The van der Waals surface area contributed by atoms with Crippen molar-refractivity contribution in [3.8, 4) is 0 Å². The molecular weight excluding hydrogens is 308 g/mol. The molecule has 0 spiro atoms. The second-order valence-corrected chi connectivity index (χ2v) is 6.61. The minimum Gasteiger partial charge on any atom is -0.378 e. The molecule has 4 nitrogen and oxygen atoms in total. The number of nitrogens with one attached hydrogen (secondary N) is 1. The van der Waals surface area contributed by atoms with Crippen LogP contribution in [0.5, 0.6) is 0 Å². The summed E-state index contributed by atoms with van der Waals surface area (Å²) in [7, 11) is 6.22. The van der Waals surface area contributed by atoms with Crippen LogP contribution >= 0.6 is 0 Å². The number of pyridine rings is 1. The molecule has 2 rings (SSSR count). The molecule has 0 fully saturated rings. The smallest absolute Gasteiger partial charge is 0.126 e. The number of hydrogen-bond acceptors (Lipinski definition) is 4. The first-order chi connectivity index (χ1) is 12.0. The molecule has 2 aromatic rings. The van der Waals surface area contributed by atoms with Crippen molar-refractivity contribution in [1.82, 2.24) is 9.88 Å². The average Bonchev–Trinajstić information content (AvgIpc) is 2.59. The van der Waals surface area contributed by atoms with Gasteiger partial charge in [0.1, 0.15) is 5.82 Å². The Labute approximate surface area is 152 Å². The van der Waals surface area contributed by atoms with Gasteiger partial charge in [-0.1, -0.05) is 25.5 Å². The third kappa shape index (κ3) is 5.82. The first-order valence-electron chi connectivity index (χ1n) is 8.86. The fraction of sp³-hybridized carbons (Fsp3) is 0.381. The minimum atomic E-state index is 0.724. The van der Waals surface area contributed by atoms with E-state index in [-0.39, 0.29) is 0 Å². The summed E-state index contributed by atoms with van der Waals surface area (Å²) in [6.07, 6.45) is 6.31. The zero-order valence-electron chi connectivity index (χ0n) is 16.1. The molecule has 0 amide bonds. The van der Waals surface area contributed by atoms with Crippen LogP contribution in [0.4, 0.5) is 11.5 Å². The van der Waals surface area contributed by atoms with Gasteiger partial charge in [-0.05, 0) is 48.7 Å². The molecule has 134 valence electrons. The summed E-state index contributed by atoms with van der Waals surface area (Å²) in [5, 5.41) is 3.40. The quantitative estimate of drug-likeness (QED) is 0.778. The van der Waals surface area contributed by atoms with Crippen molar-refractivity contribution in [2.24, 2.45) is 0 Å². The number of benzene rings is 1. The molecule has 1 heterocycles. The van der Waals surface area contributed by atoms with Crippen molar-refractivity contribution >= 4 is 11.5 Å². The fourth-order valence-electron chi connectivity index (χ4n) is 2.62. The van der Waals surface area contributed by atoms with Crippen molar-refractivity contribution < 1.29 is 0 Å². The van der Waals surface area contributed by atoms with Crippen LogP contribution in [0, 0.1) is 6.92 Å². The predicted octanol–water partition coefficient (Wildman–Crippen LogP) is 4.29. The standard InChI is InChI=1S/C21H30N4/c1-6-7-18-8-10-19(11-9-18)25(5)16-20(24(3)4)15-23-21-14-17(2)12-13-22-21/h8-14,16H,6-7,15H2,1-5H3,(H,22,23)/b20-16-. The summed E-state index contributed by atoms with van der Waals surface area (Å²) >= 11 is 0. The number of hydrogen-bond donors (Lipinski definition) is 1. The summed E-state index contributed by atoms with van der Waals surface area (Å²) in [4.78, 5) is 8.66. The van der Waals surface area contributed by atoms with Crippen LogP contribution in [0.3, 0.4) is 0 Å². The molecule has 0 atom stereocenters. The third-order valence-electron chi connectivity index (χ3n) is 4.17. The highest BCUT2D eigenvalue weighted by Gasteiger charge is 2.05. The largest absolute Gasteiger partial charge is 0.378 e. The number of aryl methyl sites for hydroxylation is 2. The van der Waals surface area contributed by atoms with E-state index >= 15 is 0 Å². The monoisotopic (exact) mass is 338 g/mol. The lowest BCUT2D eigenvalue weighted by atomic mass is 10.1. The topological polar surface area (TPSA) is 31.4 Å². The second-order valence-electron chi connectivity index (χ2n) is 6.61. The fourth-order valence-corrected chi connectivity index (χ4v) is 2.62. The van der Waals surface area contributed by atoms with Gasteiger partial charge >= 0.3 is 0 Å². The van der Waals surface area contributed by atoms with Crippen LogP contribution in [0.2, 0.25) is 0 Å². The Balaban J connectivity index is 2.06. The van der Waals surface area contributed by atoms with Crippen LogP contribution in [0.25, 0.3) is 0 Å². The Bertz CT molecular complexity index is 689. The van der Waals surface area contributed by atoms with Gasteiger partial charge in [-0.3, -0.25) is 0 Å². The summed E-state index contributed by atoms with van der Waals surface area (Å²) in [5.74, 6) is 0.902. The first-order valence-corrected chi connectivity index (χ1v) is 8.86. The Kier molecular flexibility index (Phi) is 6.87. The van der Waals surface area contributed by atoms with E-state index in [4.69, 9.17) is 0 Å². The SMILES string of the molecule is CCCc1ccc(N(C)/C=C(/CNc2cc(C)ccn2)N(C)C)cc1. The molecule has 0 bridgehead atoms. The van der Waals surface area contributed by atoms with Gasteiger partial charge in [0.15, 0.2) is 0 Å². The van der Waals surface area contributed by atoms with Crippen molar-refractivity contribution in [2.45, 2.75) is 26.7 Å². The van der Waals surface area contributed by atoms with Crippen LogP contribution in [-0.2, 0) is 6.42 Å². The second kappa shape index (κ2) is 9.11. The molecule has 1 aromatic heterocycles. The van der Waals surface area contributed by atoms with Crippen molar-refractivity contribution in [3.63, 3.8) is 0 Å². The van der Waals surface area contributed by atoms with Gasteiger partial charge in [-0.25, -0.2) is 4.98 Å². The molecule has 0 saturated carbocycles. The molecule has 0 aliphatic rings. The first kappa shape index (κ1) is 18.8. The summed E-state index contributed by atoms with van der Waals surface area (Å²) < 4.78 is 0. The van der Waals surface area contributed by atoms with E-state index < -0.39 is 0 Å². The predicted molar refractivity (Wildman–Crippen MR) is 108 cm³/mol. The van der Waals surface area contributed by atoms with E-state index in [9.17, 15) is 0 Å². The van der Waals surface area contributed by atoms with E-state index in [1.165, 1.54) is 28.9 Å². The van der Waals surface area contributed by atoms with Gasteiger partial charge in [0.2, 0.25) is 0 Å². The van der Waals surface area contributed by atoms with Gasteiger partial charge in [0, 0.05) is 44.9 Å². The molecule has 1 aromatic carbocycles. The molecule has 25 heavy (non-hydrogen) atoms. The number of likely N-dealkylation sites (N-methyl/N-ethyl adjacent to an activating group) is 1. The lowest BCUT2D eigenvalue weighted by Gasteiger charge is -2.23. The third-order valence-corrected chi connectivity index (χ3v) is 4.17. The highest BCUT2D eigenvalue weighted by Crippen LogP contribution is 2.17. The molecule has 1 N–H and O–H groups in total. The maximum absolute atomic E-state index is 4.36. The van der Waals surface area contributed by atoms with E-state index in [0.717, 1.165) is 18.8 Å². The zero-order chi connectivity index (χ0) is 18.2. The summed E-state index contributed by atoms with van der Waals surface area (Å²) in [6.45, 7) is 5.01. The van der Waals surface area contributed by atoms with Crippen molar-refractivity contribution in [2.75, 3.05) is 37.9 Å². The number of rotatable bonds is 8. The lowest BCUT2D eigenvalue weighted by molar-refractivity contribution is 0.504. The van der Waals surface area contributed by atoms with E-state index in [1.54, 1.807) is 0 Å². The number of aromatic nitrogens is 1. The Morgan fingerprint density at radius 1 is 1.12 bits per heavy atom. The lowest BCUT2D eigenvalue weighted by Crippen LogP contribution is -2.23.